The van der Waals surface area contributed by atoms with Crippen molar-refractivity contribution in [2.75, 3.05) is 13.2 Å². The maximum atomic E-state index is 13.1. The first-order chi connectivity index (χ1) is 13.5. The van der Waals surface area contributed by atoms with Crippen molar-refractivity contribution in [3.05, 3.63) is 70.7 Å². The highest BCUT2D eigenvalue weighted by atomic mass is 19.1. The monoisotopic (exact) mass is 380 g/mol. The first-order valence-electron chi connectivity index (χ1n) is 9.22. The lowest BCUT2D eigenvalue weighted by atomic mass is 10.0. The normalized spacial score (nSPS) is 13.3. The number of carbonyl (C=O) groups excluding carboxylic acids is 1. The number of aryl methyl sites for hydroxylation is 2. The molecule has 3 aromatic rings. The van der Waals surface area contributed by atoms with Crippen molar-refractivity contribution in [2.45, 2.75) is 26.8 Å². The van der Waals surface area contributed by atoms with Gasteiger partial charge >= 0.3 is 0 Å². The Labute approximate surface area is 162 Å². The molecule has 1 aliphatic rings. The van der Waals surface area contributed by atoms with Crippen LogP contribution in [0, 0.1) is 19.7 Å². The lowest BCUT2D eigenvalue weighted by Crippen LogP contribution is -2.38. The van der Waals surface area contributed by atoms with Gasteiger partial charge in [0.25, 0.3) is 5.91 Å². The van der Waals surface area contributed by atoms with Crippen LogP contribution in [-0.2, 0) is 17.8 Å². The van der Waals surface area contributed by atoms with Crippen LogP contribution in [-0.4, -0.2) is 29.1 Å². The molecule has 5 nitrogen and oxygen atoms in total. The van der Waals surface area contributed by atoms with Crippen LogP contribution in [0.25, 0.3) is 11.3 Å². The summed E-state index contributed by atoms with van der Waals surface area (Å²) in [5, 5.41) is 4.13. The van der Waals surface area contributed by atoms with Crippen LogP contribution >= 0.6 is 0 Å². The summed E-state index contributed by atoms with van der Waals surface area (Å²) in [4.78, 5) is 14.3. The molecule has 0 saturated heterocycles. The van der Waals surface area contributed by atoms with Gasteiger partial charge in [-0.1, -0.05) is 22.9 Å². The molecule has 0 N–H and O–H groups in total. The summed E-state index contributed by atoms with van der Waals surface area (Å²) < 4.78 is 24.3. The van der Waals surface area contributed by atoms with Gasteiger partial charge in [0.05, 0.1) is 6.54 Å². The Balaban J connectivity index is 1.42. The molecule has 28 heavy (non-hydrogen) atoms. The summed E-state index contributed by atoms with van der Waals surface area (Å²) in [5.74, 6) is 0.986. The van der Waals surface area contributed by atoms with Crippen molar-refractivity contribution in [1.29, 1.82) is 0 Å². The summed E-state index contributed by atoms with van der Waals surface area (Å²) in [7, 11) is 0. The molecule has 1 aromatic heterocycles. The van der Waals surface area contributed by atoms with E-state index in [2.05, 4.69) is 5.16 Å². The van der Waals surface area contributed by atoms with Gasteiger partial charge in [0.15, 0.2) is 12.4 Å². The van der Waals surface area contributed by atoms with Gasteiger partial charge in [-0.3, -0.25) is 4.79 Å². The summed E-state index contributed by atoms with van der Waals surface area (Å²) in [6.07, 6.45) is 0.640. The second kappa shape index (κ2) is 7.46. The van der Waals surface area contributed by atoms with Gasteiger partial charge in [-0.25, -0.2) is 4.39 Å². The van der Waals surface area contributed by atoms with E-state index in [1.54, 1.807) is 17.0 Å². The molecule has 2 aromatic carbocycles. The molecule has 1 aliphatic heterocycles. The van der Waals surface area contributed by atoms with Crippen molar-refractivity contribution in [1.82, 2.24) is 10.1 Å². The zero-order chi connectivity index (χ0) is 19.7. The molecule has 1 amide bonds. The van der Waals surface area contributed by atoms with E-state index in [4.69, 9.17) is 9.26 Å². The van der Waals surface area contributed by atoms with Crippen molar-refractivity contribution < 1.29 is 18.4 Å². The Morgan fingerprint density at radius 1 is 1.21 bits per heavy atom. The quantitative estimate of drug-likeness (QED) is 0.685. The summed E-state index contributed by atoms with van der Waals surface area (Å²) in [6, 6.07) is 12.0. The number of amides is 1. The van der Waals surface area contributed by atoms with Crippen LogP contribution in [0.3, 0.4) is 0 Å². The van der Waals surface area contributed by atoms with Gasteiger partial charge in [-0.15, -0.1) is 0 Å². The first kappa shape index (κ1) is 18.2. The van der Waals surface area contributed by atoms with E-state index >= 15 is 0 Å². The van der Waals surface area contributed by atoms with E-state index in [9.17, 15) is 9.18 Å². The average Bonchev–Trinajstić information content (AvgIpc) is 3.11. The zero-order valence-corrected chi connectivity index (χ0v) is 15.9. The van der Waals surface area contributed by atoms with E-state index in [1.807, 2.05) is 32.0 Å². The van der Waals surface area contributed by atoms with Crippen LogP contribution in [0.1, 0.15) is 22.4 Å². The molecule has 6 heteroatoms. The van der Waals surface area contributed by atoms with E-state index in [0.717, 1.165) is 33.7 Å². The fraction of sp³-hybridized carbons (Fsp3) is 0.273. The number of hydrogen-bond acceptors (Lipinski definition) is 4. The molecular formula is C22H21FN2O3. The zero-order valence-electron chi connectivity index (χ0n) is 15.9. The third kappa shape index (κ3) is 3.63. The number of ether oxygens (including phenoxy) is 1. The standard InChI is InChI=1S/C22H21FN2O3/c1-14-3-8-20(15(2)11-14)27-13-21(26)25-10-9-18-19(12-25)24-28-22(18)16-4-6-17(23)7-5-16/h3-8,11H,9-10,12-13H2,1-2H3. The number of carbonyl (C=O) groups is 1. The Bertz CT molecular complexity index is 1010. The highest BCUT2D eigenvalue weighted by molar-refractivity contribution is 5.78. The Hall–Kier alpha value is -3.15. The summed E-state index contributed by atoms with van der Waals surface area (Å²) in [5.41, 5.74) is 4.67. The first-order valence-corrected chi connectivity index (χ1v) is 9.22. The minimum atomic E-state index is -0.294. The van der Waals surface area contributed by atoms with Crippen molar-refractivity contribution in [3.63, 3.8) is 0 Å². The number of benzene rings is 2. The maximum absolute atomic E-state index is 13.1. The van der Waals surface area contributed by atoms with Crippen LogP contribution < -0.4 is 4.74 Å². The van der Waals surface area contributed by atoms with Crippen LogP contribution in [0.15, 0.2) is 47.0 Å². The van der Waals surface area contributed by atoms with Crippen LogP contribution in [0.5, 0.6) is 5.75 Å². The SMILES string of the molecule is Cc1ccc(OCC(=O)N2CCc3c(noc3-c3ccc(F)cc3)C2)c(C)c1. The number of hydrogen-bond donors (Lipinski definition) is 0. The minimum absolute atomic E-state index is 0.0120. The highest BCUT2D eigenvalue weighted by Crippen LogP contribution is 2.30. The number of aromatic nitrogens is 1. The Morgan fingerprint density at radius 2 is 2.00 bits per heavy atom. The van der Waals surface area contributed by atoms with Gasteiger partial charge in [0.2, 0.25) is 0 Å². The molecule has 0 spiro atoms. The number of halogens is 1. The number of nitrogens with zero attached hydrogens (tertiary/aromatic N) is 2. The van der Waals surface area contributed by atoms with E-state index < -0.39 is 0 Å². The summed E-state index contributed by atoms with van der Waals surface area (Å²) >= 11 is 0. The van der Waals surface area contributed by atoms with Crippen molar-refractivity contribution in [3.8, 4) is 17.1 Å². The third-order valence-electron chi connectivity index (χ3n) is 4.98. The molecule has 0 aliphatic carbocycles. The minimum Gasteiger partial charge on any atom is -0.484 e. The molecule has 0 saturated carbocycles. The molecular weight excluding hydrogens is 359 g/mol. The molecule has 0 fully saturated rings. The lowest BCUT2D eigenvalue weighted by Gasteiger charge is -2.26. The van der Waals surface area contributed by atoms with E-state index in [0.29, 0.717) is 25.3 Å². The molecule has 2 heterocycles. The third-order valence-corrected chi connectivity index (χ3v) is 4.98. The Morgan fingerprint density at radius 3 is 2.75 bits per heavy atom. The average molecular weight is 380 g/mol. The predicted molar refractivity (Wildman–Crippen MR) is 102 cm³/mol. The molecule has 0 bridgehead atoms. The predicted octanol–water partition coefficient (Wildman–Crippen LogP) is 4.06. The molecule has 0 radical (unpaired) electrons. The van der Waals surface area contributed by atoms with Gasteiger partial charge in [-0.2, -0.15) is 0 Å². The maximum Gasteiger partial charge on any atom is 0.260 e. The summed E-state index contributed by atoms with van der Waals surface area (Å²) in [6.45, 7) is 4.92. The Kier molecular flexibility index (Phi) is 4.86. The number of rotatable bonds is 4. The van der Waals surface area contributed by atoms with Gasteiger partial charge in [0, 0.05) is 17.7 Å². The molecule has 0 atom stereocenters. The molecule has 4 rings (SSSR count). The van der Waals surface area contributed by atoms with Gasteiger partial charge in [-0.05, 0) is 56.2 Å². The van der Waals surface area contributed by atoms with Crippen LogP contribution in [0.4, 0.5) is 4.39 Å². The smallest absolute Gasteiger partial charge is 0.260 e. The van der Waals surface area contributed by atoms with Crippen LogP contribution in [0.2, 0.25) is 0 Å². The molecule has 0 unspecified atom stereocenters. The topological polar surface area (TPSA) is 55.6 Å². The highest BCUT2D eigenvalue weighted by Gasteiger charge is 2.27. The second-order valence-electron chi connectivity index (χ2n) is 7.07. The largest absolute Gasteiger partial charge is 0.484 e. The molecule has 144 valence electrons. The lowest BCUT2D eigenvalue weighted by molar-refractivity contribution is -0.134. The van der Waals surface area contributed by atoms with E-state index in [1.165, 1.54) is 12.1 Å². The van der Waals surface area contributed by atoms with Crippen molar-refractivity contribution >= 4 is 5.91 Å². The van der Waals surface area contributed by atoms with Gasteiger partial charge in [0.1, 0.15) is 17.3 Å². The fourth-order valence-electron chi connectivity index (χ4n) is 3.46. The fourth-order valence-corrected chi connectivity index (χ4v) is 3.46. The van der Waals surface area contributed by atoms with E-state index in [-0.39, 0.29) is 18.3 Å². The second-order valence-corrected chi connectivity index (χ2v) is 7.07. The number of fused-ring (bicyclic) bond motifs is 1. The van der Waals surface area contributed by atoms with Gasteiger partial charge < -0.3 is 14.2 Å². The van der Waals surface area contributed by atoms with Crippen molar-refractivity contribution in [2.24, 2.45) is 0 Å².